The molecule has 160 valence electrons. The van der Waals surface area contributed by atoms with Gasteiger partial charge in [-0.05, 0) is 55.0 Å². The fourth-order valence-electron chi connectivity index (χ4n) is 2.67. The van der Waals surface area contributed by atoms with Gasteiger partial charge in [0.05, 0.1) is 12.8 Å². The molecule has 0 heterocycles. The number of hydrogen-bond donors (Lipinski definition) is 1. The van der Waals surface area contributed by atoms with Crippen molar-refractivity contribution in [2.24, 2.45) is 5.10 Å². The number of ether oxygens (including phenoxy) is 2. The molecule has 1 N–H and O–H groups in total. The van der Waals surface area contributed by atoms with Crippen LogP contribution in [0, 0.1) is 0 Å². The highest BCUT2D eigenvalue weighted by Gasteiger charge is 2.07. The first kappa shape index (κ1) is 22.7. The molecule has 3 aromatic rings. The van der Waals surface area contributed by atoms with E-state index >= 15 is 0 Å². The van der Waals surface area contributed by atoms with Gasteiger partial charge in [0, 0.05) is 26.7 Å². The van der Waals surface area contributed by atoms with Gasteiger partial charge in [-0.2, -0.15) is 5.10 Å². The van der Waals surface area contributed by atoms with Gasteiger partial charge in [0.25, 0.3) is 5.91 Å². The molecule has 1 amide bonds. The van der Waals surface area contributed by atoms with Crippen LogP contribution in [0.25, 0.3) is 0 Å². The molecule has 5 nitrogen and oxygen atoms in total. The van der Waals surface area contributed by atoms with Crippen molar-refractivity contribution in [1.82, 2.24) is 5.43 Å². The van der Waals surface area contributed by atoms with Gasteiger partial charge in [0.1, 0.15) is 18.1 Å². The predicted molar refractivity (Wildman–Crippen MR) is 125 cm³/mol. The lowest BCUT2D eigenvalue weighted by atomic mass is 10.2. The van der Waals surface area contributed by atoms with Crippen molar-refractivity contribution in [1.29, 1.82) is 0 Å². The molecule has 0 aliphatic carbocycles. The van der Waals surface area contributed by atoms with Gasteiger partial charge >= 0.3 is 0 Å². The van der Waals surface area contributed by atoms with Crippen LogP contribution in [-0.4, -0.2) is 18.7 Å². The minimum atomic E-state index is -0.334. The lowest BCUT2D eigenvalue weighted by Gasteiger charge is -2.10. The maximum absolute atomic E-state index is 12.3. The zero-order valence-electron chi connectivity index (χ0n) is 17.0. The smallest absolute Gasteiger partial charge is 0.271 e. The summed E-state index contributed by atoms with van der Waals surface area (Å²) >= 11 is 12.3. The Hall–Kier alpha value is -3.02. The van der Waals surface area contributed by atoms with Gasteiger partial charge in [-0.3, -0.25) is 4.79 Å². The fraction of sp³-hybridized carbons (Fsp3) is 0.167. The Bertz CT molecular complexity index is 1050. The summed E-state index contributed by atoms with van der Waals surface area (Å²) in [5.74, 6) is 0.958. The van der Waals surface area contributed by atoms with Crippen LogP contribution in [0.1, 0.15) is 34.8 Å². The average Bonchev–Trinajstić information content (AvgIpc) is 2.78. The summed E-state index contributed by atoms with van der Waals surface area (Å²) in [6.45, 7) is 2.96. The van der Waals surface area contributed by atoms with Crippen molar-refractivity contribution in [3.05, 3.63) is 93.5 Å². The van der Waals surface area contributed by atoms with Crippen LogP contribution in [0.3, 0.4) is 0 Å². The van der Waals surface area contributed by atoms with Gasteiger partial charge in [-0.25, -0.2) is 5.43 Å². The summed E-state index contributed by atoms with van der Waals surface area (Å²) in [5, 5.41) is 5.20. The summed E-state index contributed by atoms with van der Waals surface area (Å²) < 4.78 is 11.4. The standard InChI is InChI=1S/C24H22Cl2N2O3/c1-2-13-30-21-10-7-17(8-11-21)24(29)28-27-15-19-14-20(25)9-12-23(19)31-16-18-5-3-4-6-22(18)26/h3-12,14-15H,2,13,16H2,1H3,(H,28,29)/b27-15-. The Labute approximate surface area is 191 Å². The molecule has 3 rings (SSSR count). The number of carbonyl (C=O) groups is 1. The molecule has 0 aliphatic heterocycles. The molecule has 3 aromatic carbocycles. The van der Waals surface area contributed by atoms with E-state index < -0.39 is 0 Å². The van der Waals surface area contributed by atoms with Crippen LogP contribution in [0.15, 0.2) is 71.8 Å². The topological polar surface area (TPSA) is 59.9 Å². The van der Waals surface area contributed by atoms with Gasteiger partial charge in [-0.15, -0.1) is 0 Å². The van der Waals surface area contributed by atoms with E-state index in [0.29, 0.717) is 40.1 Å². The van der Waals surface area contributed by atoms with Crippen LogP contribution in [-0.2, 0) is 6.61 Å². The first-order valence-electron chi connectivity index (χ1n) is 9.79. The van der Waals surface area contributed by atoms with Gasteiger partial charge in [0.2, 0.25) is 0 Å². The molecule has 0 saturated heterocycles. The van der Waals surface area contributed by atoms with Crippen LogP contribution in [0.4, 0.5) is 0 Å². The van der Waals surface area contributed by atoms with Crippen molar-refractivity contribution >= 4 is 35.3 Å². The Morgan fingerprint density at radius 3 is 2.55 bits per heavy atom. The van der Waals surface area contributed by atoms with E-state index in [2.05, 4.69) is 10.5 Å². The van der Waals surface area contributed by atoms with Gasteiger partial charge in [0.15, 0.2) is 0 Å². The normalized spacial score (nSPS) is 10.8. The van der Waals surface area contributed by atoms with E-state index in [-0.39, 0.29) is 5.91 Å². The van der Waals surface area contributed by atoms with E-state index in [1.165, 1.54) is 6.21 Å². The average molecular weight is 457 g/mol. The quantitative estimate of drug-likeness (QED) is 0.311. The first-order chi connectivity index (χ1) is 15.1. The van der Waals surface area contributed by atoms with Crippen LogP contribution in [0.2, 0.25) is 10.0 Å². The summed E-state index contributed by atoms with van der Waals surface area (Å²) in [5.41, 5.74) is 4.47. The zero-order chi connectivity index (χ0) is 22.1. The molecule has 0 bridgehead atoms. The molecule has 31 heavy (non-hydrogen) atoms. The van der Waals surface area contributed by atoms with Crippen LogP contribution >= 0.6 is 23.2 Å². The molecule has 0 spiro atoms. The van der Waals surface area contributed by atoms with Gasteiger partial charge in [-0.1, -0.05) is 48.3 Å². The Kier molecular flexibility index (Phi) is 8.33. The van der Waals surface area contributed by atoms with Crippen molar-refractivity contribution in [3.63, 3.8) is 0 Å². The fourth-order valence-corrected chi connectivity index (χ4v) is 3.04. The van der Waals surface area contributed by atoms with Crippen molar-refractivity contribution in [2.45, 2.75) is 20.0 Å². The number of benzene rings is 3. The molecule has 7 heteroatoms. The highest BCUT2D eigenvalue weighted by molar-refractivity contribution is 6.31. The predicted octanol–water partition coefficient (Wildman–Crippen LogP) is 6.13. The number of carbonyl (C=O) groups excluding carboxylic acids is 1. The van der Waals surface area contributed by atoms with Crippen LogP contribution in [0.5, 0.6) is 11.5 Å². The van der Waals surface area contributed by atoms with Gasteiger partial charge < -0.3 is 9.47 Å². The summed E-state index contributed by atoms with van der Waals surface area (Å²) in [6, 6.07) is 19.5. The van der Waals surface area contributed by atoms with E-state index in [1.54, 1.807) is 42.5 Å². The SMILES string of the molecule is CCCOc1ccc(C(=O)N/N=C\c2cc(Cl)ccc2OCc2ccccc2Cl)cc1. The monoisotopic (exact) mass is 456 g/mol. The second-order valence-electron chi connectivity index (χ2n) is 6.63. The number of hydrogen-bond acceptors (Lipinski definition) is 4. The molecule has 0 aliphatic rings. The third kappa shape index (κ3) is 6.74. The van der Waals surface area contributed by atoms with Crippen molar-refractivity contribution < 1.29 is 14.3 Å². The Morgan fingerprint density at radius 1 is 1.03 bits per heavy atom. The number of halogens is 2. The summed E-state index contributed by atoms with van der Waals surface area (Å²) in [4.78, 5) is 12.3. The number of amides is 1. The summed E-state index contributed by atoms with van der Waals surface area (Å²) in [6.07, 6.45) is 2.41. The summed E-state index contributed by atoms with van der Waals surface area (Å²) in [7, 11) is 0. The molecule has 0 saturated carbocycles. The lowest BCUT2D eigenvalue weighted by Crippen LogP contribution is -2.17. The number of nitrogens with zero attached hydrogens (tertiary/aromatic N) is 1. The zero-order valence-corrected chi connectivity index (χ0v) is 18.5. The maximum atomic E-state index is 12.3. The molecular formula is C24H22Cl2N2O3. The highest BCUT2D eigenvalue weighted by Crippen LogP contribution is 2.24. The van der Waals surface area contributed by atoms with E-state index in [0.717, 1.165) is 17.7 Å². The number of nitrogens with one attached hydrogen (secondary N) is 1. The van der Waals surface area contributed by atoms with E-state index in [9.17, 15) is 4.79 Å². The molecule has 0 aromatic heterocycles. The lowest BCUT2D eigenvalue weighted by molar-refractivity contribution is 0.0955. The number of rotatable bonds is 9. The largest absolute Gasteiger partial charge is 0.494 e. The van der Waals surface area contributed by atoms with Crippen LogP contribution < -0.4 is 14.9 Å². The molecule has 0 atom stereocenters. The highest BCUT2D eigenvalue weighted by atomic mass is 35.5. The molecule has 0 fully saturated rings. The molecule has 0 radical (unpaired) electrons. The third-order valence-electron chi connectivity index (χ3n) is 4.27. The third-order valence-corrected chi connectivity index (χ3v) is 4.88. The van der Waals surface area contributed by atoms with Crippen molar-refractivity contribution in [2.75, 3.05) is 6.61 Å². The Morgan fingerprint density at radius 2 is 1.81 bits per heavy atom. The van der Waals surface area contributed by atoms with E-state index in [4.69, 9.17) is 32.7 Å². The molecule has 0 unspecified atom stereocenters. The minimum absolute atomic E-state index is 0.293. The molecular weight excluding hydrogens is 435 g/mol. The second-order valence-corrected chi connectivity index (χ2v) is 7.48. The Balaban J connectivity index is 1.64. The number of hydrazone groups is 1. The minimum Gasteiger partial charge on any atom is -0.494 e. The maximum Gasteiger partial charge on any atom is 0.271 e. The van der Waals surface area contributed by atoms with Crippen molar-refractivity contribution in [3.8, 4) is 11.5 Å². The second kappa shape index (κ2) is 11.4. The van der Waals surface area contributed by atoms with E-state index in [1.807, 2.05) is 31.2 Å². The first-order valence-corrected chi connectivity index (χ1v) is 10.5.